The van der Waals surface area contributed by atoms with Gasteiger partial charge in [0, 0.05) is 39.3 Å². The van der Waals surface area contributed by atoms with E-state index >= 15 is 0 Å². The van der Waals surface area contributed by atoms with E-state index in [2.05, 4.69) is 11.4 Å². The molecule has 0 saturated heterocycles. The molecule has 4 aromatic carbocycles. The van der Waals surface area contributed by atoms with E-state index in [0.717, 1.165) is 43.8 Å². The monoisotopic (exact) mass is 573 g/mol. The number of fused-ring (bicyclic) bond motifs is 18. The Morgan fingerprint density at radius 2 is 1.07 bits per heavy atom. The van der Waals surface area contributed by atoms with Gasteiger partial charge in [0.1, 0.15) is 6.17 Å². The number of rotatable bonds is 0. The van der Waals surface area contributed by atoms with Gasteiger partial charge in [-0.15, -0.1) is 0 Å². The summed E-state index contributed by atoms with van der Waals surface area (Å²) in [5.74, 6) is 3.07. The van der Waals surface area contributed by atoms with Crippen LogP contribution in [0, 0.1) is 0 Å². The van der Waals surface area contributed by atoms with Crippen molar-refractivity contribution in [3.63, 3.8) is 0 Å². The number of aliphatic imine (C=N–C) groups is 3. The van der Waals surface area contributed by atoms with E-state index in [1.165, 1.54) is 0 Å². The minimum absolute atomic E-state index is 0. The van der Waals surface area contributed by atoms with Crippen LogP contribution < -0.4 is 26.3 Å². The van der Waals surface area contributed by atoms with Gasteiger partial charge in [-0.25, -0.2) is 4.99 Å². The van der Waals surface area contributed by atoms with Crippen LogP contribution in [0.2, 0.25) is 0 Å². The summed E-state index contributed by atoms with van der Waals surface area (Å²) in [6.45, 7) is 0. The predicted octanol–water partition coefficient (Wildman–Crippen LogP) is 4.57. The fourth-order valence-corrected chi connectivity index (χ4v) is 5.66. The Balaban J connectivity index is 0.00000256. The van der Waals surface area contributed by atoms with Crippen LogP contribution in [0.25, 0.3) is 21.5 Å². The molecule has 6 aromatic rings. The molecule has 3 aliphatic rings. The summed E-state index contributed by atoms with van der Waals surface area (Å²) in [5.41, 5.74) is 4.95. The third kappa shape index (κ3) is 3.56. The topological polar surface area (TPSA) is 102 Å². The van der Waals surface area contributed by atoms with E-state index in [1.807, 2.05) is 91.0 Å². The molecule has 0 amide bonds. The molecule has 9 heteroatoms. The molecule has 3 aliphatic heterocycles. The van der Waals surface area contributed by atoms with Crippen LogP contribution in [-0.2, 0) is 16.8 Å². The molecule has 9 rings (SSSR count). The first kappa shape index (κ1) is 23.7. The molecule has 1 N–H and O–H groups in total. The largest absolute Gasteiger partial charge is 2.00 e. The molecule has 195 valence electrons. The number of nitrogens with zero attached hydrogens (tertiary/aromatic N) is 7. The fourth-order valence-electron chi connectivity index (χ4n) is 5.66. The second-order valence-electron chi connectivity index (χ2n) is 9.86. The van der Waals surface area contributed by atoms with Crippen molar-refractivity contribution in [2.75, 3.05) is 5.32 Å². The summed E-state index contributed by atoms with van der Waals surface area (Å²) >= 11 is 0. The molecular formula is C32H18CoN8. The minimum atomic E-state index is -0.358. The standard InChI is InChI=1S/C32H18N8.Co/c1-2-10-18-17(9-1)25-33-26(18)38-28-21-13-5-6-14-22(21)30(35-28)40-32-24-16-8-7-15-23(24)31(36-32)39-29-20-12-4-3-11-19(20)27(34-29)37-25;/h1-16,25,37H;/q-2;+2. The van der Waals surface area contributed by atoms with Gasteiger partial charge in [0.25, 0.3) is 0 Å². The van der Waals surface area contributed by atoms with Gasteiger partial charge in [-0.2, -0.15) is 0 Å². The Kier molecular flexibility index (Phi) is 5.18. The molecule has 41 heavy (non-hydrogen) atoms. The molecule has 1 atom stereocenters. The Hall–Kier alpha value is -5.12. The molecular weight excluding hydrogens is 555 g/mol. The Morgan fingerprint density at radius 3 is 1.80 bits per heavy atom. The van der Waals surface area contributed by atoms with Gasteiger partial charge in [-0.1, -0.05) is 97.1 Å². The van der Waals surface area contributed by atoms with Crippen LogP contribution >= 0.6 is 0 Å². The van der Waals surface area contributed by atoms with E-state index in [0.29, 0.717) is 40.1 Å². The summed E-state index contributed by atoms with van der Waals surface area (Å²) in [6, 6.07) is 32.2. The maximum Gasteiger partial charge on any atom is 2.00 e. The average Bonchev–Trinajstić information content (AvgIpc) is 3.73. The van der Waals surface area contributed by atoms with Gasteiger partial charge >= 0.3 is 16.8 Å². The first-order valence-electron chi connectivity index (χ1n) is 13.1. The third-order valence-electron chi connectivity index (χ3n) is 7.54. The van der Waals surface area contributed by atoms with Crippen molar-refractivity contribution in [1.29, 1.82) is 0 Å². The van der Waals surface area contributed by atoms with Gasteiger partial charge in [0.2, 0.25) is 0 Å². The molecule has 0 aliphatic carbocycles. The predicted molar refractivity (Wildman–Crippen MR) is 155 cm³/mol. The van der Waals surface area contributed by atoms with Gasteiger partial charge in [-0.05, 0) is 27.1 Å². The molecule has 5 heterocycles. The minimum Gasteiger partial charge on any atom is -0.416 e. The Bertz CT molecular complexity index is 2270. The quantitative estimate of drug-likeness (QED) is 0.288. The van der Waals surface area contributed by atoms with Crippen LogP contribution in [0.3, 0.4) is 0 Å². The van der Waals surface area contributed by atoms with Crippen molar-refractivity contribution in [3.8, 4) is 0 Å². The van der Waals surface area contributed by atoms with E-state index in [1.54, 1.807) is 0 Å². The summed E-state index contributed by atoms with van der Waals surface area (Å²) in [5, 5.41) is 7.30. The van der Waals surface area contributed by atoms with Gasteiger partial charge < -0.3 is 30.3 Å². The maximum absolute atomic E-state index is 5.01. The van der Waals surface area contributed by atoms with Crippen molar-refractivity contribution in [3.05, 3.63) is 130 Å². The molecule has 2 aromatic heterocycles. The molecule has 0 fully saturated rings. The maximum atomic E-state index is 5.01. The number of hydrogen-bond donors (Lipinski definition) is 1. The fraction of sp³-hybridized carbons (Fsp3) is 0.0312. The van der Waals surface area contributed by atoms with E-state index in [4.69, 9.17) is 34.9 Å². The molecule has 8 nitrogen and oxygen atoms in total. The van der Waals surface area contributed by atoms with E-state index < -0.39 is 0 Å². The van der Waals surface area contributed by atoms with Crippen LogP contribution in [-0.4, -0.2) is 17.5 Å². The first-order chi connectivity index (χ1) is 19.8. The van der Waals surface area contributed by atoms with Gasteiger partial charge in [-0.3, -0.25) is 4.99 Å². The molecule has 0 saturated carbocycles. The van der Waals surface area contributed by atoms with E-state index in [-0.39, 0.29) is 22.9 Å². The molecule has 8 bridgehead atoms. The van der Waals surface area contributed by atoms with Gasteiger partial charge in [0.05, 0.1) is 17.5 Å². The Labute approximate surface area is 243 Å². The first-order valence-corrected chi connectivity index (χ1v) is 13.1. The summed E-state index contributed by atoms with van der Waals surface area (Å²) in [6.07, 6.45) is -0.358. The number of nitrogens with one attached hydrogen (secondary N) is 1. The molecule has 1 unspecified atom stereocenters. The summed E-state index contributed by atoms with van der Waals surface area (Å²) in [7, 11) is 0. The zero-order valence-electron chi connectivity index (χ0n) is 21.3. The number of benzene rings is 4. The van der Waals surface area contributed by atoms with Crippen LogP contribution in [0.5, 0.6) is 0 Å². The SMILES string of the molecule is [Co+2].c1ccc2c(c1)C1=N/C2=N\c2[n-]c(c3ccccc23)NC2N=C(N=c3[n-]c(c4ccccc34)=N1)c1ccccc12. The van der Waals surface area contributed by atoms with Gasteiger partial charge in [0.15, 0.2) is 0 Å². The number of anilines is 1. The van der Waals surface area contributed by atoms with Crippen molar-refractivity contribution in [1.82, 2.24) is 9.97 Å². The number of amidine groups is 3. The van der Waals surface area contributed by atoms with Crippen LogP contribution in [0.1, 0.15) is 28.4 Å². The molecule has 0 spiro atoms. The summed E-state index contributed by atoms with van der Waals surface area (Å²) < 4.78 is 0. The van der Waals surface area contributed by atoms with Crippen molar-refractivity contribution in [2.24, 2.45) is 25.0 Å². The average molecular weight is 573 g/mol. The van der Waals surface area contributed by atoms with E-state index in [9.17, 15) is 0 Å². The zero-order chi connectivity index (χ0) is 26.2. The smallest absolute Gasteiger partial charge is 0.416 e. The van der Waals surface area contributed by atoms with Crippen molar-refractivity contribution >= 4 is 50.7 Å². The van der Waals surface area contributed by atoms with Crippen molar-refractivity contribution < 1.29 is 16.8 Å². The summed E-state index contributed by atoms with van der Waals surface area (Å²) in [4.78, 5) is 34.7. The second kappa shape index (κ2) is 8.95. The number of hydrogen-bond acceptors (Lipinski definition) is 6. The molecule has 1 radical (unpaired) electrons. The second-order valence-corrected chi connectivity index (χ2v) is 9.86. The third-order valence-corrected chi connectivity index (χ3v) is 7.54. The zero-order valence-corrected chi connectivity index (χ0v) is 22.3. The van der Waals surface area contributed by atoms with Crippen LogP contribution in [0.15, 0.2) is 122 Å². The van der Waals surface area contributed by atoms with Crippen molar-refractivity contribution in [2.45, 2.75) is 6.17 Å². The van der Waals surface area contributed by atoms with Crippen LogP contribution in [0.4, 0.5) is 11.6 Å². The number of aromatic nitrogens is 2. The normalized spacial score (nSPS) is 17.7. The Morgan fingerprint density at radius 1 is 0.512 bits per heavy atom.